The lowest BCUT2D eigenvalue weighted by Gasteiger charge is -2.08. The molecule has 3 N–H and O–H groups in total. The zero-order valence-corrected chi connectivity index (χ0v) is 18.7. The molecule has 164 valence electrons. The monoisotopic (exact) mass is 475 g/mol. The number of aromatic amines is 1. The number of rotatable bonds is 6. The Hall–Kier alpha value is -3.88. The summed E-state index contributed by atoms with van der Waals surface area (Å²) in [6, 6.07) is 24.7. The maximum atomic E-state index is 12.5. The van der Waals surface area contributed by atoms with Crippen molar-refractivity contribution >= 4 is 49.9 Å². The van der Waals surface area contributed by atoms with E-state index in [2.05, 4.69) is 25.0 Å². The molecule has 0 saturated carbocycles. The van der Waals surface area contributed by atoms with Crippen molar-refractivity contribution in [1.82, 2.24) is 15.0 Å². The largest absolute Gasteiger partial charge is 0.340 e. The van der Waals surface area contributed by atoms with Gasteiger partial charge in [-0.15, -0.1) is 0 Å². The highest BCUT2D eigenvalue weighted by atomic mass is 35.5. The van der Waals surface area contributed by atoms with Gasteiger partial charge in [0.15, 0.2) is 0 Å². The van der Waals surface area contributed by atoms with Crippen LogP contribution in [0.5, 0.6) is 0 Å². The molecule has 2 heterocycles. The summed E-state index contributed by atoms with van der Waals surface area (Å²) >= 11 is 6.08. The van der Waals surface area contributed by atoms with E-state index in [0.29, 0.717) is 22.2 Å². The second-order valence-corrected chi connectivity index (χ2v) is 9.42. The molecule has 7 nitrogen and oxygen atoms in total. The predicted octanol–water partition coefficient (Wildman–Crippen LogP) is 5.82. The summed E-state index contributed by atoms with van der Waals surface area (Å²) in [4.78, 5) is 12.2. The summed E-state index contributed by atoms with van der Waals surface area (Å²) in [6.45, 7) is 0. The Morgan fingerprint density at radius 3 is 2.36 bits per heavy atom. The van der Waals surface area contributed by atoms with E-state index in [-0.39, 0.29) is 4.90 Å². The first-order valence-corrected chi connectivity index (χ1v) is 11.9. The minimum atomic E-state index is -3.64. The summed E-state index contributed by atoms with van der Waals surface area (Å²) in [6.07, 6.45) is 1.48. The fourth-order valence-corrected chi connectivity index (χ4v) is 4.70. The van der Waals surface area contributed by atoms with Crippen LogP contribution in [0.25, 0.3) is 22.3 Å². The number of halogens is 1. The van der Waals surface area contributed by atoms with E-state index in [1.807, 2.05) is 36.4 Å². The number of fused-ring (bicyclic) bond motifs is 1. The van der Waals surface area contributed by atoms with Gasteiger partial charge >= 0.3 is 0 Å². The highest BCUT2D eigenvalue weighted by molar-refractivity contribution is 7.92. The topological polar surface area (TPSA) is 99.8 Å². The third-order valence-electron chi connectivity index (χ3n) is 5.01. The molecule has 0 spiro atoms. The van der Waals surface area contributed by atoms with Gasteiger partial charge in [-0.2, -0.15) is 0 Å². The number of anilines is 3. The second kappa shape index (κ2) is 8.57. The Kier molecular flexibility index (Phi) is 5.45. The van der Waals surface area contributed by atoms with Crippen LogP contribution in [0.4, 0.5) is 17.2 Å². The summed E-state index contributed by atoms with van der Waals surface area (Å²) in [5.41, 5.74) is 3.68. The van der Waals surface area contributed by atoms with Crippen molar-refractivity contribution in [2.24, 2.45) is 0 Å². The molecule has 0 amide bonds. The van der Waals surface area contributed by atoms with E-state index >= 15 is 0 Å². The summed E-state index contributed by atoms with van der Waals surface area (Å²) in [5, 5.41) is 4.72. The van der Waals surface area contributed by atoms with Crippen LogP contribution in [-0.2, 0) is 10.0 Å². The quantitative estimate of drug-likeness (QED) is 0.287. The van der Waals surface area contributed by atoms with E-state index in [1.165, 1.54) is 6.33 Å². The van der Waals surface area contributed by atoms with E-state index in [1.54, 1.807) is 48.5 Å². The molecular weight excluding hydrogens is 458 g/mol. The van der Waals surface area contributed by atoms with Gasteiger partial charge < -0.3 is 10.3 Å². The highest BCUT2D eigenvalue weighted by Crippen LogP contribution is 2.30. The molecule has 2 aromatic heterocycles. The van der Waals surface area contributed by atoms with Gasteiger partial charge in [0.25, 0.3) is 10.0 Å². The first kappa shape index (κ1) is 21.0. The van der Waals surface area contributed by atoms with Crippen LogP contribution >= 0.6 is 11.6 Å². The lowest BCUT2D eigenvalue weighted by molar-refractivity contribution is 0.601. The third-order valence-corrected chi connectivity index (χ3v) is 6.65. The summed E-state index contributed by atoms with van der Waals surface area (Å²) in [7, 11) is -3.64. The van der Waals surface area contributed by atoms with Crippen molar-refractivity contribution < 1.29 is 8.42 Å². The molecule has 0 fully saturated rings. The molecule has 3 aromatic carbocycles. The molecule has 0 bridgehead atoms. The Morgan fingerprint density at radius 1 is 0.818 bits per heavy atom. The predicted molar refractivity (Wildman–Crippen MR) is 131 cm³/mol. The lowest BCUT2D eigenvalue weighted by atomic mass is 10.1. The average Bonchev–Trinajstić information content (AvgIpc) is 3.25. The second-order valence-electron chi connectivity index (χ2n) is 7.30. The van der Waals surface area contributed by atoms with Gasteiger partial charge in [-0.3, -0.25) is 4.72 Å². The Bertz CT molecular complexity index is 1530. The zero-order valence-electron chi connectivity index (χ0n) is 17.2. The van der Waals surface area contributed by atoms with Crippen molar-refractivity contribution in [2.75, 3.05) is 10.0 Å². The molecule has 5 rings (SSSR count). The number of hydrogen-bond donors (Lipinski definition) is 3. The number of nitrogens with zero attached hydrogens (tertiary/aromatic N) is 2. The molecule has 0 aliphatic heterocycles. The van der Waals surface area contributed by atoms with Crippen molar-refractivity contribution in [2.45, 2.75) is 4.90 Å². The van der Waals surface area contributed by atoms with Gasteiger partial charge in [0.1, 0.15) is 17.8 Å². The summed E-state index contributed by atoms with van der Waals surface area (Å²) < 4.78 is 27.7. The van der Waals surface area contributed by atoms with Gasteiger partial charge in [-0.05, 0) is 54.1 Å². The van der Waals surface area contributed by atoms with Crippen molar-refractivity contribution in [1.29, 1.82) is 0 Å². The first-order valence-electron chi connectivity index (χ1n) is 10.0. The van der Waals surface area contributed by atoms with Gasteiger partial charge in [-0.1, -0.05) is 48.0 Å². The van der Waals surface area contributed by atoms with Crippen LogP contribution in [-0.4, -0.2) is 23.4 Å². The molecule has 0 aliphatic carbocycles. The maximum Gasteiger partial charge on any atom is 0.261 e. The van der Waals surface area contributed by atoms with Crippen LogP contribution in [0.15, 0.2) is 96.2 Å². The van der Waals surface area contributed by atoms with Crippen molar-refractivity contribution in [3.8, 4) is 11.3 Å². The Balaban J connectivity index is 1.40. The number of nitrogens with one attached hydrogen (secondary N) is 3. The van der Waals surface area contributed by atoms with Crippen molar-refractivity contribution in [3.63, 3.8) is 0 Å². The van der Waals surface area contributed by atoms with Crippen LogP contribution < -0.4 is 10.0 Å². The number of aromatic nitrogens is 3. The Morgan fingerprint density at radius 2 is 1.61 bits per heavy atom. The fraction of sp³-hybridized carbons (Fsp3) is 0. The molecule has 0 saturated heterocycles. The third kappa shape index (κ3) is 4.52. The maximum absolute atomic E-state index is 12.5. The minimum absolute atomic E-state index is 0.211. The highest BCUT2D eigenvalue weighted by Gasteiger charge is 2.14. The Labute approximate surface area is 195 Å². The van der Waals surface area contributed by atoms with Gasteiger partial charge in [-0.25, -0.2) is 18.4 Å². The van der Waals surface area contributed by atoms with E-state index in [0.717, 1.165) is 22.3 Å². The van der Waals surface area contributed by atoms with E-state index in [9.17, 15) is 8.42 Å². The van der Waals surface area contributed by atoms with Crippen LogP contribution in [0.3, 0.4) is 0 Å². The number of sulfonamides is 1. The van der Waals surface area contributed by atoms with E-state index in [4.69, 9.17) is 11.6 Å². The smallest absolute Gasteiger partial charge is 0.261 e. The van der Waals surface area contributed by atoms with Crippen LogP contribution in [0.1, 0.15) is 0 Å². The standard InChI is InChI=1S/C24H18ClN5O2S/c25-17-5-4-6-19(13-17)28-23-21-14-22(29-24(21)27-15-26-23)16-9-11-18(12-10-16)30-33(31,32)20-7-2-1-3-8-20/h1-15,30H,(H2,26,27,28,29). The van der Waals surface area contributed by atoms with Crippen LogP contribution in [0.2, 0.25) is 5.02 Å². The molecule has 0 atom stereocenters. The van der Waals surface area contributed by atoms with Crippen molar-refractivity contribution in [3.05, 3.63) is 96.3 Å². The van der Waals surface area contributed by atoms with Crippen LogP contribution in [0, 0.1) is 0 Å². The fourth-order valence-electron chi connectivity index (χ4n) is 3.43. The number of hydrogen-bond acceptors (Lipinski definition) is 5. The molecule has 0 aliphatic rings. The summed E-state index contributed by atoms with van der Waals surface area (Å²) in [5.74, 6) is 0.650. The molecular formula is C24H18ClN5O2S. The SMILES string of the molecule is O=S(=O)(Nc1ccc(-c2cc3c(Nc4cccc(Cl)c4)ncnc3[nH]2)cc1)c1ccccc1. The number of benzene rings is 3. The van der Waals surface area contributed by atoms with Gasteiger partial charge in [0.2, 0.25) is 0 Å². The van der Waals surface area contributed by atoms with E-state index < -0.39 is 10.0 Å². The molecule has 0 radical (unpaired) electrons. The molecule has 9 heteroatoms. The average molecular weight is 476 g/mol. The molecule has 33 heavy (non-hydrogen) atoms. The normalized spacial score (nSPS) is 11.4. The zero-order chi connectivity index (χ0) is 22.8. The first-order chi connectivity index (χ1) is 16.0. The molecule has 0 unspecified atom stereocenters. The lowest BCUT2D eigenvalue weighted by Crippen LogP contribution is -2.12. The number of H-pyrrole nitrogens is 1. The minimum Gasteiger partial charge on any atom is -0.340 e. The van der Waals surface area contributed by atoms with Gasteiger partial charge in [0.05, 0.1) is 10.3 Å². The molecule has 5 aromatic rings. The van der Waals surface area contributed by atoms with Gasteiger partial charge in [0, 0.05) is 22.1 Å².